The first-order chi connectivity index (χ1) is 11.2. The quantitative estimate of drug-likeness (QED) is 0.753. The third-order valence-corrected chi connectivity index (χ3v) is 2.90. The van der Waals surface area contributed by atoms with Gasteiger partial charge in [0.2, 0.25) is 0 Å². The van der Waals surface area contributed by atoms with Gasteiger partial charge in [0.15, 0.2) is 0 Å². The first-order valence-corrected chi connectivity index (χ1v) is 6.85. The zero-order chi connectivity index (χ0) is 16.5. The lowest BCUT2D eigenvalue weighted by molar-refractivity contribution is 0.0925. The van der Waals surface area contributed by atoms with E-state index in [1.807, 2.05) is 0 Å². The zero-order valence-electron chi connectivity index (χ0n) is 12.3. The average Bonchev–Trinajstić information content (AvgIpc) is 3.08. The smallest absolute Gasteiger partial charge is 0.145 e. The lowest BCUT2D eigenvalue weighted by Gasteiger charge is -2.13. The monoisotopic (exact) mass is 309 g/mol. The fraction of sp³-hybridized carbons (Fsp3) is 0.188. The van der Waals surface area contributed by atoms with Gasteiger partial charge >= 0.3 is 0 Å². The number of rotatable bonds is 7. The molecule has 1 unspecified atom stereocenters. The molecule has 2 rings (SSSR count). The highest BCUT2D eigenvalue weighted by molar-refractivity contribution is 5.51. The average molecular weight is 309 g/mol. The molecule has 0 fully saturated rings. The molecule has 0 bridgehead atoms. The molecule has 23 heavy (non-hydrogen) atoms. The second-order valence-corrected chi connectivity index (χ2v) is 4.67. The summed E-state index contributed by atoms with van der Waals surface area (Å²) in [4.78, 5) is 3.90. The Balaban J connectivity index is 1.82. The molecule has 2 aromatic rings. The molecule has 1 aromatic carbocycles. The van der Waals surface area contributed by atoms with Gasteiger partial charge in [0.1, 0.15) is 36.2 Å². The summed E-state index contributed by atoms with van der Waals surface area (Å²) in [6, 6.07) is 10.5. The van der Waals surface area contributed by atoms with Crippen molar-refractivity contribution in [3.05, 3.63) is 54.8 Å². The standard InChI is InChI=1S/C16H15N5O2/c17-7-13(8-18)9-20-14-1-3-16(4-2-14)23-11-15(22)10-21-6-5-19-12-21/h1-6,9,12,15,20,22H,10-11H2. The van der Waals surface area contributed by atoms with E-state index < -0.39 is 6.10 Å². The van der Waals surface area contributed by atoms with Gasteiger partial charge in [0.05, 0.1) is 12.9 Å². The van der Waals surface area contributed by atoms with Gasteiger partial charge in [-0.15, -0.1) is 0 Å². The van der Waals surface area contributed by atoms with Crippen LogP contribution >= 0.6 is 0 Å². The SMILES string of the molecule is N#CC(C#N)=CNc1ccc(OCC(O)Cn2ccnc2)cc1. The highest BCUT2D eigenvalue weighted by Crippen LogP contribution is 2.16. The number of nitrogens with zero attached hydrogens (tertiary/aromatic N) is 4. The topological polar surface area (TPSA) is 107 Å². The van der Waals surface area contributed by atoms with Crippen molar-refractivity contribution in [3.8, 4) is 17.9 Å². The Labute approximate surface area is 133 Å². The van der Waals surface area contributed by atoms with Gasteiger partial charge in [0, 0.05) is 24.3 Å². The van der Waals surface area contributed by atoms with Crippen LogP contribution in [0.1, 0.15) is 0 Å². The molecule has 0 aliphatic rings. The Morgan fingerprint density at radius 2 is 2.09 bits per heavy atom. The summed E-state index contributed by atoms with van der Waals surface area (Å²) in [5.74, 6) is 0.616. The first-order valence-electron chi connectivity index (χ1n) is 6.85. The summed E-state index contributed by atoms with van der Waals surface area (Å²) < 4.78 is 7.28. The van der Waals surface area contributed by atoms with E-state index in [-0.39, 0.29) is 12.2 Å². The van der Waals surface area contributed by atoms with Crippen molar-refractivity contribution in [1.29, 1.82) is 10.5 Å². The Hall–Kier alpha value is -3.29. The number of nitriles is 2. The van der Waals surface area contributed by atoms with Crippen LogP contribution in [0, 0.1) is 22.7 Å². The summed E-state index contributed by atoms with van der Waals surface area (Å²) in [5.41, 5.74) is 0.715. The molecule has 0 amide bonds. The maximum atomic E-state index is 9.88. The maximum absolute atomic E-state index is 9.88. The first kappa shape index (κ1) is 16.1. The van der Waals surface area contributed by atoms with Crippen molar-refractivity contribution < 1.29 is 9.84 Å². The van der Waals surface area contributed by atoms with Crippen molar-refractivity contribution in [1.82, 2.24) is 9.55 Å². The van der Waals surface area contributed by atoms with E-state index in [1.165, 1.54) is 6.20 Å². The third-order valence-electron chi connectivity index (χ3n) is 2.90. The lowest BCUT2D eigenvalue weighted by Crippen LogP contribution is -2.22. The van der Waals surface area contributed by atoms with Gasteiger partial charge < -0.3 is 19.7 Å². The predicted molar refractivity (Wildman–Crippen MR) is 83.1 cm³/mol. The van der Waals surface area contributed by atoms with Crippen LogP contribution in [0.3, 0.4) is 0 Å². The molecule has 0 aliphatic heterocycles. The molecular formula is C16H15N5O2. The van der Waals surface area contributed by atoms with Gasteiger partial charge in [-0.05, 0) is 24.3 Å². The Morgan fingerprint density at radius 1 is 1.35 bits per heavy atom. The fourth-order valence-corrected chi connectivity index (χ4v) is 1.78. The Kier molecular flexibility index (Phi) is 5.75. The molecule has 1 atom stereocenters. The largest absolute Gasteiger partial charge is 0.491 e. The number of nitrogens with one attached hydrogen (secondary N) is 1. The number of anilines is 1. The van der Waals surface area contributed by atoms with Gasteiger partial charge in [-0.1, -0.05) is 0 Å². The second-order valence-electron chi connectivity index (χ2n) is 4.67. The van der Waals surface area contributed by atoms with Crippen LogP contribution in [0.15, 0.2) is 54.8 Å². The number of aliphatic hydroxyl groups is 1. The summed E-state index contributed by atoms with van der Waals surface area (Å²) >= 11 is 0. The van der Waals surface area contributed by atoms with Crippen LogP contribution in [0.5, 0.6) is 5.75 Å². The summed E-state index contributed by atoms with van der Waals surface area (Å²) in [6.45, 7) is 0.577. The number of benzene rings is 1. The zero-order valence-corrected chi connectivity index (χ0v) is 12.3. The third kappa shape index (κ3) is 5.20. The van der Waals surface area contributed by atoms with E-state index >= 15 is 0 Å². The maximum Gasteiger partial charge on any atom is 0.145 e. The molecule has 116 valence electrons. The number of ether oxygens (including phenoxy) is 1. The number of imidazole rings is 1. The summed E-state index contributed by atoms with van der Waals surface area (Å²) in [5, 5.41) is 30.0. The van der Waals surface area contributed by atoms with Crippen LogP contribution in [0.2, 0.25) is 0 Å². The fourth-order valence-electron chi connectivity index (χ4n) is 1.78. The van der Waals surface area contributed by atoms with E-state index in [0.29, 0.717) is 12.3 Å². The van der Waals surface area contributed by atoms with Crippen molar-refractivity contribution in [2.24, 2.45) is 0 Å². The van der Waals surface area contributed by atoms with Gasteiger partial charge in [0.25, 0.3) is 0 Å². The minimum atomic E-state index is -0.640. The van der Waals surface area contributed by atoms with E-state index in [0.717, 1.165) is 5.69 Å². The van der Waals surface area contributed by atoms with Crippen LogP contribution in [0.25, 0.3) is 0 Å². The molecular weight excluding hydrogens is 294 g/mol. The van der Waals surface area contributed by atoms with Crippen molar-refractivity contribution >= 4 is 5.69 Å². The highest BCUT2D eigenvalue weighted by Gasteiger charge is 2.06. The second kappa shape index (κ2) is 8.23. The van der Waals surface area contributed by atoms with Crippen molar-refractivity contribution in [3.63, 3.8) is 0 Å². The molecule has 1 aromatic heterocycles. The summed E-state index contributed by atoms with van der Waals surface area (Å²) in [7, 11) is 0. The molecule has 0 saturated carbocycles. The highest BCUT2D eigenvalue weighted by atomic mass is 16.5. The number of hydrogen-bond donors (Lipinski definition) is 2. The van der Waals surface area contributed by atoms with E-state index in [4.69, 9.17) is 15.3 Å². The number of hydrogen-bond acceptors (Lipinski definition) is 6. The van der Waals surface area contributed by atoms with E-state index in [1.54, 1.807) is 59.7 Å². The van der Waals surface area contributed by atoms with Crippen LogP contribution in [-0.4, -0.2) is 27.4 Å². The predicted octanol–water partition coefficient (Wildman–Crippen LogP) is 1.67. The number of aliphatic hydroxyl groups excluding tert-OH is 1. The molecule has 1 heterocycles. The lowest BCUT2D eigenvalue weighted by atomic mass is 10.3. The molecule has 0 spiro atoms. The molecule has 7 nitrogen and oxygen atoms in total. The van der Waals surface area contributed by atoms with Crippen LogP contribution in [0.4, 0.5) is 5.69 Å². The van der Waals surface area contributed by atoms with Crippen molar-refractivity contribution in [2.75, 3.05) is 11.9 Å². The number of allylic oxidation sites excluding steroid dienone is 1. The minimum Gasteiger partial charge on any atom is -0.491 e. The molecule has 0 aliphatic carbocycles. The molecule has 0 radical (unpaired) electrons. The van der Waals surface area contributed by atoms with E-state index in [2.05, 4.69) is 10.3 Å². The molecule has 2 N–H and O–H groups in total. The van der Waals surface area contributed by atoms with Gasteiger partial charge in [-0.2, -0.15) is 10.5 Å². The Bertz CT molecular complexity index is 707. The normalized spacial score (nSPS) is 10.9. The minimum absolute atomic E-state index is 0.00653. The van der Waals surface area contributed by atoms with Gasteiger partial charge in [-0.3, -0.25) is 0 Å². The summed E-state index contributed by atoms with van der Waals surface area (Å²) in [6.07, 6.45) is 5.75. The van der Waals surface area contributed by atoms with E-state index in [9.17, 15) is 5.11 Å². The van der Waals surface area contributed by atoms with Crippen LogP contribution < -0.4 is 10.1 Å². The van der Waals surface area contributed by atoms with Crippen LogP contribution in [-0.2, 0) is 6.54 Å². The number of aromatic nitrogens is 2. The van der Waals surface area contributed by atoms with Gasteiger partial charge in [-0.25, -0.2) is 4.98 Å². The van der Waals surface area contributed by atoms with Crippen molar-refractivity contribution in [2.45, 2.75) is 12.6 Å². The molecule has 7 heteroatoms. The Morgan fingerprint density at radius 3 is 2.70 bits per heavy atom. The molecule has 0 saturated heterocycles.